The summed E-state index contributed by atoms with van der Waals surface area (Å²) in [5, 5.41) is 13.7. The summed E-state index contributed by atoms with van der Waals surface area (Å²) in [6.07, 6.45) is -0.123. The number of nitrogens with one attached hydrogen (secondary N) is 1. The molecule has 0 aliphatic rings. The van der Waals surface area contributed by atoms with Gasteiger partial charge in [-0.15, -0.1) is 0 Å². The van der Waals surface area contributed by atoms with Gasteiger partial charge in [0, 0.05) is 6.42 Å². The van der Waals surface area contributed by atoms with E-state index in [4.69, 9.17) is 11.6 Å². The molecule has 2 N–H and O–H groups in total. The molecular weight excluding hydrogens is 336 g/mol. The second-order valence-corrected chi connectivity index (χ2v) is 6.13. The van der Waals surface area contributed by atoms with Crippen molar-refractivity contribution in [2.24, 2.45) is 0 Å². The van der Waals surface area contributed by atoms with Gasteiger partial charge in [-0.05, 0) is 29.7 Å². The van der Waals surface area contributed by atoms with E-state index in [1.165, 1.54) is 0 Å². The van der Waals surface area contributed by atoms with Gasteiger partial charge >= 0.3 is 0 Å². The van der Waals surface area contributed by atoms with E-state index in [1.807, 2.05) is 67.6 Å². The first kappa shape index (κ1) is 17.3. The smallest absolute Gasteiger partial charge is 0.227 e. The Morgan fingerprint density at radius 1 is 0.960 bits per heavy atom. The number of aliphatic hydroxyl groups is 1. The van der Waals surface area contributed by atoms with Gasteiger partial charge in [0.25, 0.3) is 0 Å². The number of nitrogens with zero attached hydrogens (tertiary/aromatic N) is 3. The van der Waals surface area contributed by atoms with Gasteiger partial charge in [0.2, 0.25) is 11.2 Å². The van der Waals surface area contributed by atoms with Crippen molar-refractivity contribution in [2.75, 3.05) is 5.32 Å². The van der Waals surface area contributed by atoms with Gasteiger partial charge in [0.05, 0.1) is 12.1 Å². The summed E-state index contributed by atoms with van der Waals surface area (Å²) in [5.41, 5.74) is 1.92. The Labute approximate surface area is 151 Å². The maximum Gasteiger partial charge on any atom is 0.227 e. The Morgan fingerprint density at radius 3 is 2.28 bits per heavy atom. The van der Waals surface area contributed by atoms with Crippen molar-refractivity contribution in [3.8, 4) is 0 Å². The van der Waals surface area contributed by atoms with Crippen molar-refractivity contribution in [3.05, 3.63) is 82.9 Å². The van der Waals surface area contributed by atoms with Crippen LogP contribution in [0.25, 0.3) is 0 Å². The van der Waals surface area contributed by atoms with E-state index in [-0.39, 0.29) is 11.3 Å². The number of benzene rings is 2. The highest BCUT2D eigenvalue weighted by Crippen LogP contribution is 2.19. The monoisotopic (exact) mass is 354 g/mol. The van der Waals surface area contributed by atoms with Crippen molar-refractivity contribution in [3.63, 3.8) is 0 Å². The molecule has 0 unspecified atom stereocenters. The van der Waals surface area contributed by atoms with E-state index in [0.29, 0.717) is 18.2 Å². The summed E-state index contributed by atoms with van der Waals surface area (Å²) >= 11 is 6.03. The van der Waals surface area contributed by atoms with Gasteiger partial charge < -0.3 is 10.4 Å². The summed E-state index contributed by atoms with van der Waals surface area (Å²) in [6, 6.07) is 19.1. The maximum atomic E-state index is 10.5. The van der Waals surface area contributed by atoms with Crippen LogP contribution >= 0.6 is 11.6 Å². The van der Waals surface area contributed by atoms with Crippen LogP contribution in [0.3, 0.4) is 0 Å². The zero-order chi connectivity index (χ0) is 17.6. The summed E-state index contributed by atoms with van der Waals surface area (Å²) in [6.45, 7) is 1.87. The van der Waals surface area contributed by atoms with Crippen molar-refractivity contribution in [1.82, 2.24) is 15.0 Å². The van der Waals surface area contributed by atoms with Gasteiger partial charge in [-0.1, -0.05) is 60.7 Å². The minimum atomic E-state index is -0.686. The zero-order valence-electron chi connectivity index (χ0n) is 13.8. The second kappa shape index (κ2) is 8.05. The van der Waals surface area contributed by atoms with Crippen LogP contribution in [-0.4, -0.2) is 26.1 Å². The van der Waals surface area contributed by atoms with Crippen LogP contribution in [0.2, 0.25) is 5.28 Å². The summed E-state index contributed by atoms with van der Waals surface area (Å²) in [4.78, 5) is 12.7. The van der Waals surface area contributed by atoms with Crippen LogP contribution in [0.1, 0.15) is 30.0 Å². The van der Waals surface area contributed by atoms with Crippen LogP contribution in [0.4, 0.5) is 5.95 Å². The highest BCUT2D eigenvalue weighted by molar-refractivity contribution is 6.28. The quantitative estimate of drug-likeness (QED) is 0.707. The lowest BCUT2D eigenvalue weighted by atomic mass is 10.0. The first-order valence-corrected chi connectivity index (χ1v) is 8.43. The molecule has 0 fully saturated rings. The number of aromatic nitrogens is 3. The lowest BCUT2D eigenvalue weighted by molar-refractivity contribution is 0.160. The minimum absolute atomic E-state index is 0.129. The van der Waals surface area contributed by atoms with E-state index in [9.17, 15) is 5.11 Å². The van der Waals surface area contributed by atoms with Gasteiger partial charge in [-0.25, -0.2) is 4.98 Å². The lowest BCUT2D eigenvalue weighted by Crippen LogP contribution is -2.25. The van der Waals surface area contributed by atoms with Gasteiger partial charge in [-0.2, -0.15) is 9.97 Å². The van der Waals surface area contributed by atoms with E-state index < -0.39 is 6.10 Å². The number of hydrogen-bond donors (Lipinski definition) is 2. The van der Waals surface area contributed by atoms with Crippen molar-refractivity contribution in [2.45, 2.75) is 25.5 Å². The van der Waals surface area contributed by atoms with E-state index in [0.717, 1.165) is 11.1 Å². The topological polar surface area (TPSA) is 70.9 Å². The number of anilines is 1. The largest absolute Gasteiger partial charge is 0.386 e. The highest BCUT2D eigenvalue weighted by atomic mass is 35.5. The van der Waals surface area contributed by atoms with Crippen LogP contribution < -0.4 is 5.32 Å². The first-order chi connectivity index (χ1) is 12.1. The number of rotatable bonds is 6. The Balaban J connectivity index is 1.74. The molecule has 25 heavy (non-hydrogen) atoms. The molecule has 0 saturated carbocycles. The Bertz CT molecular complexity index is 814. The molecule has 3 rings (SSSR count). The predicted octanol–water partition coefficient (Wildman–Crippen LogP) is 3.65. The van der Waals surface area contributed by atoms with Crippen LogP contribution in [0, 0.1) is 0 Å². The molecule has 1 aromatic heterocycles. The minimum Gasteiger partial charge on any atom is -0.386 e. The molecule has 2 aromatic carbocycles. The molecule has 0 bridgehead atoms. The Kier molecular flexibility index (Phi) is 5.58. The molecule has 0 spiro atoms. The average molecular weight is 355 g/mol. The van der Waals surface area contributed by atoms with Crippen molar-refractivity contribution < 1.29 is 5.11 Å². The van der Waals surface area contributed by atoms with Gasteiger partial charge in [0.1, 0.15) is 5.82 Å². The third-order valence-corrected chi connectivity index (χ3v) is 4.00. The molecule has 128 valence electrons. The predicted molar refractivity (Wildman–Crippen MR) is 98.6 cm³/mol. The third kappa shape index (κ3) is 4.75. The molecule has 0 radical (unpaired) electrons. The second-order valence-electron chi connectivity index (χ2n) is 5.80. The van der Waals surface area contributed by atoms with Crippen LogP contribution in [0.5, 0.6) is 0 Å². The maximum absolute atomic E-state index is 10.5. The first-order valence-electron chi connectivity index (χ1n) is 8.06. The summed E-state index contributed by atoms with van der Waals surface area (Å²) in [7, 11) is 0. The SMILES string of the molecule is C[C@@H](Nc1nc(Cl)nc(Cc2ccccc2)n1)[C@@H](O)c1ccccc1. The van der Waals surface area contributed by atoms with Crippen LogP contribution in [0.15, 0.2) is 60.7 Å². The van der Waals surface area contributed by atoms with Crippen LogP contribution in [-0.2, 0) is 6.42 Å². The summed E-state index contributed by atoms with van der Waals surface area (Å²) < 4.78 is 0. The molecule has 2 atom stereocenters. The summed E-state index contributed by atoms with van der Waals surface area (Å²) in [5.74, 6) is 0.934. The zero-order valence-corrected chi connectivity index (χ0v) is 14.6. The molecule has 0 amide bonds. The van der Waals surface area contributed by atoms with E-state index in [2.05, 4.69) is 20.3 Å². The average Bonchev–Trinajstić information content (AvgIpc) is 2.62. The molecule has 0 aliphatic heterocycles. The van der Waals surface area contributed by atoms with Gasteiger partial charge in [0.15, 0.2) is 0 Å². The molecule has 0 saturated heterocycles. The highest BCUT2D eigenvalue weighted by Gasteiger charge is 2.17. The fourth-order valence-electron chi connectivity index (χ4n) is 2.53. The van der Waals surface area contributed by atoms with E-state index in [1.54, 1.807) is 0 Å². The molecule has 5 nitrogen and oxygen atoms in total. The van der Waals surface area contributed by atoms with E-state index >= 15 is 0 Å². The van der Waals surface area contributed by atoms with Crippen molar-refractivity contribution in [1.29, 1.82) is 0 Å². The Hall–Kier alpha value is -2.50. The fourth-order valence-corrected chi connectivity index (χ4v) is 2.71. The van der Waals surface area contributed by atoms with Crippen molar-refractivity contribution >= 4 is 17.5 Å². The Morgan fingerprint density at radius 2 is 1.60 bits per heavy atom. The number of aliphatic hydroxyl groups excluding tert-OH is 1. The fraction of sp³-hybridized carbons (Fsp3) is 0.211. The molecule has 0 aliphatic carbocycles. The normalized spacial score (nSPS) is 13.2. The lowest BCUT2D eigenvalue weighted by Gasteiger charge is -2.20. The molecule has 6 heteroatoms. The molecule has 1 heterocycles. The molecule has 3 aromatic rings. The number of halogens is 1. The number of hydrogen-bond acceptors (Lipinski definition) is 5. The standard InChI is InChI=1S/C19H19ClN4O/c1-13(17(25)15-10-6-3-7-11-15)21-19-23-16(22-18(20)24-19)12-14-8-4-2-5-9-14/h2-11,13,17,25H,12H2,1H3,(H,21,22,23,24)/t13-,17-/m1/s1. The van der Waals surface area contributed by atoms with Gasteiger partial charge in [-0.3, -0.25) is 0 Å². The third-order valence-electron chi connectivity index (χ3n) is 3.83. The molecular formula is C19H19ClN4O.